The first kappa shape index (κ1) is 11.1. The molecule has 0 spiro atoms. The number of nitrogens with zero attached hydrogens (tertiary/aromatic N) is 3. The van der Waals surface area contributed by atoms with Crippen molar-refractivity contribution in [1.29, 1.82) is 0 Å². The van der Waals surface area contributed by atoms with E-state index in [1.807, 2.05) is 13.8 Å². The van der Waals surface area contributed by atoms with Crippen LogP contribution in [0.5, 0.6) is 0 Å². The van der Waals surface area contributed by atoms with Gasteiger partial charge in [-0.3, -0.25) is 9.48 Å². The number of carbonyl (C=O) groups excluding carboxylic acids is 1. The molecule has 1 aromatic heterocycles. The van der Waals surface area contributed by atoms with E-state index in [9.17, 15) is 9.90 Å². The third kappa shape index (κ3) is 1.95. The van der Waals surface area contributed by atoms with Gasteiger partial charge >= 0.3 is 0 Å². The van der Waals surface area contributed by atoms with Crippen LogP contribution in [0.15, 0.2) is 12.3 Å². The Kier molecular flexibility index (Phi) is 2.96. The standard InChI is InChI=1S/C11H17N3O2/c1-8(2)14-10(3-5-12-14)11(16)13-6-4-9(15)7-13/h3,5,8-9,15H,4,6-7H2,1-2H3/t9-/m1/s1. The largest absolute Gasteiger partial charge is 0.391 e. The molecule has 1 atom stereocenters. The zero-order valence-corrected chi connectivity index (χ0v) is 9.63. The van der Waals surface area contributed by atoms with Gasteiger partial charge in [0.2, 0.25) is 0 Å². The maximum atomic E-state index is 12.1. The fraction of sp³-hybridized carbons (Fsp3) is 0.636. The number of β-amino-alcohol motifs (C(OH)–C–C–N with tert-alkyl or cyclic N) is 1. The molecule has 1 N–H and O–H groups in total. The summed E-state index contributed by atoms with van der Waals surface area (Å²) in [5, 5.41) is 13.5. The maximum absolute atomic E-state index is 12.1. The molecule has 1 fully saturated rings. The van der Waals surface area contributed by atoms with Gasteiger partial charge in [-0.2, -0.15) is 5.10 Å². The second-order valence-electron chi connectivity index (χ2n) is 4.45. The summed E-state index contributed by atoms with van der Waals surface area (Å²) in [4.78, 5) is 13.8. The Balaban J connectivity index is 2.17. The second-order valence-corrected chi connectivity index (χ2v) is 4.45. The normalized spacial score (nSPS) is 20.8. The van der Waals surface area contributed by atoms with E-state index in [1.165, 1.54) is 0 Å². The predicted molar refractivity (Wildman–Crippen MR) is 59.1 cm³/mol. The van der Waals surface area contributed by atoms with Crippen LogP contribution in [-0.2, 0) is 0 Å². The molecule has 16 heavy (non-hydrogen) atoms. The molecule has 2 heterocycles. The van der Waals surface area contributed by atoms with Crippen molar-refractivity contribution in [3.8, 4) is 0 Å². The minimum absolute atomic E-state index is 0.0391. The van der Waals surface area contributed by atoms with Crippen molar-refractivity contribution >= 4 is 5.91 Å². The Labute approximate surface area is 94.7 Å². The van der Waals surface area contributed by atoms with E-state index in [0.717, 1.165) is 0 Å². The minimum Gasteiger partial charge on any atom is -0.391 e. The molecule has 0 saturated carbocycles. The third-order valence-corrected chi connectivity index (χ3v) is 2.83. The topological polar surface area (TPSA) is 58.4 Å². The van der Waals surface area contributed by atoms with Gasteiger partial charge in [-0.05, 0) is 26.3 Å². The van der Waals surface area contributed by atoms with Crippen LogP contribution < -0.4 is 0 Å². The van der Waals surface area contributed by atoms with Crippen LogP contribution in [0.2, 0.25) is 0 Å². The summed E-state index contributed by atoms with van der Waals surface area (Å²) in [5.74, 6) is -0.0391. The highest BCUT2D eigenvalue weighted by Crippen LogP contribution is 2.15. The first-order valence-electron chi connectivity index (χ1n) is 5.60. The van der Waals surface area contributed by atoms with Crippen LogP contribution in [0.3, 0.4) is 0 Å². The third-order valence-electron chi connectivity index (χ3n) is 2.83. The molecule has 88 valence electrons. The van der Waals surface area contributed by atoms with Gasteiger partial charge in [0, 0.05) is 25.3 Å². The van der Waals surface area contributed by atoms with Crippen LogP contribution >= 0.6 is 0 Å². The summed E-state index contributed by atoms with van der Waals surface area (Å²) in [6, 6.07) is 1.90. The molecule has 0 radical (unpaired) electrons. The van der Waals surface area contributed by atoms with Crippen LogP contribution in [0.1, 0.15) is 36.8 Å². The van der Waals surface area contributed by atoms with Gasteiger partial charge in [0.1, 0.15) is 5.69 Å². The zero-order chi connectivity index (χ0) is 11.7. The molecule has 1 aliphatic rings. The van der Waals surface area contributed by atoms with E-state index >= 15 is 0 Å². The lowest BCUT2D eigenvalue weighted by Crippen LogP contribution is -2.31. The number of hydrogen-bond acceptors (Lipinski definition) is 3. The number of likely N-dealkylation sites (tertiary alicyclic amines) is 1. The van der Waals surface area contributed by atoms with Crippen LogP contribution in [0, 0.1) is 0 Å². The van der Waals surface area contributed by atoms with Crippen molar-refractivity contribution in [2.75, 3.05) is 13.1 Å². The van der Waals surface area contributed by atoms with E-state index in [2.05, 4.69) is 5.10 Å². The van der Waals surface area contributed by atoms with E-state index in [0.29, 0.717) is 25.2 Å². The van der Waals surface area contributed by atoms with Crippen LogP contribution in [0.25, 0.3) is 0 Å². The van der Waals surface area contributed by atoms with Crippen molar-refractivity contribution < 1.29 is 9.90 Å². The first-order chi connectivity index (χ1) is 7.59. The number of amides is 1. The highest BCUT2D eigenvalue weighted by atomic mass is 16.3. The Morgan fingerprint density at radius 1 is 1.62 bits per heavy atom. The van der Waals surface area contributed by atoms with E-state index in [-0.39, 0.29) is 18.1 Å². The number of carbonyl (C=O) groups is 1. The molecule has 5 heteroatoms. The quantitative estimate of drug-likeness (QED) is 0.801. The number of aliphatic hydroxyl groups excluding tert-OH is 1. The Morgan fingerprint density at radius 2 is 2.38 bits per heavy atom. The first-order valence-corrected chi connectivity index (χ1v) is 5.60. The second kappa shape index (κ2) is 4.25. The number of aliphatic hydroxyl groups is 1. The van der Waals surface area contributed by atoms with Crippen molar-refractivity contribution in [2.24, 2.45) is 0 Å². The lowest BCUT2D eigenvalue weighted by atomic mass is 10.3. The average Bonchev–Trinajstić information content (AvgIpc) is 2.84. The maximum Gasteiger partial charge on any atom is 0.272 e. The fourth-order valence-corrected chi connectivity index (χ4v) is 1.98. The minimum atomic E-state index is -0.376. The summed E-state index contributed by atoms with van der Waals surface area (Å²) in [6.07, 6.45) is 1.93. The molecule has 0 aliphatic carbocycles. The monoisotopic (exact) mass is 223 g/mol. The van der Waals surface area contributed by atoms with Gasteiger partial charge in [0.05, 0.1) is 6.10 Å². The predicted octanol–water partition coefficient (Wildman–Crippen LogP) is 0.671. The molecule has 0 unspecified atom stereocenters. The van der Waals surface area contributed by atoms with Crippen molar-refractivity contribution in [3.63, 3.8) is 0 Å². The van der Waals surface area contributed by atoms with Gasteiger partial charge in [0.15, 0.2) is 0 Å². The summed E-state index contributed by atoms with van der Waals surface area (Å²) in [5.41, 5.74) is 0.601. The lowest BCUT2D eigenvalue weighted by Gasteiger charge is -2.17. The van der Waals surface area contributed by atoms with Gasteiger partial charge in [-0.1, -0.05) is 0 Å². The molecule has 1 saturated heterocycles. The fourth-order valence-electron chi connectivity index (χ4n) is 1.98. The molecule has 0 bridgehead atoms. The number of aromatic nitrogens is 2. The Morgan fingerprint density at radius 3 is 2.94 bits per heavy atom. The average molecular weight is 223 g/mol. The Hall–Kier alpha value is -1.36. The van der Waals surface area contributed by atoms with Gasteiger partial charge in [-0.15, -0.1) is 0 Å². The SMILES string of the molecule is CC(C)n1nccc1C(=O)N1CC[C@@H](O)C1. The molecule has 1 amide bonds. The van der Waals surface area contributed by atoms with Crippen molar-refractivity contribution in [2.45, 2.75) is 32.4 Å². The molecule has 2 rings (SSSR count). The van der Waals surface area contributed by atoms with Crippen molar-refractivity contribution in [3.05, 3.63) is 18.0 Å². The van der Waals surface area contributed by atoms with E-state index in [4.69, 9.17) is 0 Å². The highest BCUT2D eigenvalue weighted by molar-refractivity contribution is 5.92. The molecular weight excluding hydrogens is 206 g/mol. The van der Waals surface area contributed by atoms with Gasteiger partial charge in [-0.25, -0.2) is 0 Å². The zero-order valence-electron chi connectivity index (χ0n) is 9.63. The van der Waals surface area contributed by atoms with Crippen LogP contribution in [-0.4, -0.2) is 44.9 Å². The highest BCUT2D eigenvalue weighted by Gasteiger charge is 2.27. The molecule has 5 nitrogen and oxygen atoms in total. The molecule has 1 aliphatic heterocycles. The van der Waals surface area contributed by atoms with E-state index in [1.54, 1.807) is 21.8 Å². The van der Waals surface area contributed by atoms with Crippen molar-refractivity contribution in [1.82, 2.24) is 14.7 Å². The smallest absolute Gasteiger partial charge is 0.272 e. The number of hydrogen-bond donors (Lipinski definition) is 1. The Bertz CT molecular complexity index is 386. The summed E-state index contributed by atoms with van der Waals surface area (Å²) < 4.78 is 1.72. The summed E-state index contributed by atoms with van der Waals surface area (Å²) in [6.45, 7) is 5.04. The lowest BCUT2D eigenvalue weighted by molar-refractivity contribution is 0.0750. The number of rotatable bonds is 2. The van der Waals surface area contributed by atoms with Gasteiger partial charge in [0.25, 0.3) is 5.91 Å². The molecule has 1 aromatic rings. The summed E-state index contributed by atoms with van der Waals surface area (Å²) >= 11 is 0. The molecular formula is C11H17N3O2. The van der Waals surface area contributed by atoms with E-state index < -0.39 is 0 Å². The summed E-state index contributed by atoms with van der Waals surface area (Å²) in [7, 11) is 0. The van der Waals surface area contributed by atoms with Gasteiger partial charge < -0.3 is 10.0 Å². The van der Waals surface area contributed by atoms with Crippen LogP contribution in [0.4, 0.5) is 0 Å². The molecule has 0 aromatic carbocycles.